The highest BCUT2D eigenvalue weighted by Gasteiger charge is 2.35. The van der Waals surface area contributed by atoms with Crippen molar-refractivity contribution in [1.82, 2.24) is 4.98 Å². The maximum absolute atomic E-state index is 14.6. The molecule has 0 amide bonds. The molecule has 1 fully saturated rings. The lowest BCUT2D eigenvalue weighted by molar-refractivity contribution is -0.290. The van der Waals surface area contributed by atoms with Gasteiger partial charge in [0.25, 0.3) is 0 Å². The SMILES string of the molecule is CC(C)c1nc2c(c(-c3ccc(F)c(C(=O)O)c3)c1C=C[C@@H]1C[C@H](CC(=O)O)OC(C)(C)O1)CCCc1ccccc1-2. The van der Waals surface area contributed by atoms with Gasteiger partial charge in [0.1, 0.15) is 5.82 Å². The summed E-state index contributed by atoms with van der Waals surface area (Å²) in [6.07, 6.45) is 5.63. The van der Waals surface area contributed by atoms with E-state index >= 15 is 0 Å². The van der Waals surface area contributed by atoms with Crippen LogP contribution in [0, 0.1) is 5.82 Å². The normalized spacial score (nSPS) is 19.8. The summed E-state index contributed by atoms with van der Waals surface area (Å²) in [5, 5.41) is 19.1. The number of hydrogen-bond donors (Lipinski definition) is 2. The van der Waals surface area contributed by atoms with E-state index in [4.69, 9.17) is 14.5 Å². The van der Waals surface area contributed by atoms with Gasteiger partial charge in [-0.05, 0) is 73.4 Å². The molecule has 42 heavy (non-hydrogen) atoms. The zero-order valence-electron chi connectivity index (χ0n) is 24.3. The van der Waals surface area contributed by atoms with Crippen LogP contribution in [0.5, 0.6) is 0 Å². The van der Waals surface area contributed by atoms with Gasteiger partial charge in [0.2, 0.25) is 0 Å². The summed E-state index contributed by atoms with van der Waals surface area (Å²) >= 11 is 0. The summed E-state index contributed by atoms with van der Waals surface area (Å²) in [7, 11) is 0. The third-order valence-corrected chi connectivity index (χ3v) is 7.80. The van der Waals surface area contributed by atoms with Crippen molar-refractivity contribution in [3.63, 3.8) is 0 Å². The molecular formula is C34H36FNO6. The maximum Gasteiger partial charge on any atom is 0.338 e. The first-order valence-corrected chi connectivity index (χ1v) is 14.4. The van der Waals surface area contributed by atoms with Crippen LogP contribution >= 0.6 is 0 Å². The number of hydrogen-bond acceptors (Lipinski definition) is 5. The van der Waals surface area contributed by atoms with E-state index in [1.54, 1.807) is 19.9 Å². The molecule has 1 aliphatic heterocycles. The Balaban J connectivity index is 1.73. The predicted octanol–water partition coefficient (Wildman–Crippen LogP) is 7.26. The molecule has 3 aromatic rings. The molecule has 2 N–H and O–H groups in total. The second kappa shape index (κ2) is 11.8. The van der Waals surface area contributed by atoms with Crippen molar-refractivity contribution in [3.05, 3.63) is 82.3 Å². The van der Waals surface area contributed by atoms with E-state index in [1.165, 1.54) is 17.7 Å². The van der Waals surface area contributed by atoms with Crippen LogP contribution in [-0.4, -0.2) is 45.1 Å². The number of aromatic carboxylic acids is 1. The first-order chi connectivity index (χ1) is 19.9. The van der Waals surface area contributed by atoms with Gasteiger partial charge < -0.3 is 19.7 Å². The van der Waals surface area contributed by atoms with E-state index in [1.807, 2.05) is 24.3 Å². The van der Waals surface area contributed by atoms with E-state index < -0.39 is 35.8 Å². The highest BCUT2D eigenvalue weighted by Crippen LogP contribution is 2.42. The van der Waals surface area contributed by atoms with Crippen molar-refractivity contribution in [3.8, 4) is 22.4 Å². The molecule has 8 heteroatoms. The minimum Gasteiger partial charge on any atom is -0.481 e. The number of nitrogens with zero attached hydrogens (tertiary/aromatic N) is 1. The molecule has 0 saturated carbocycles. The van der Waals surface area contributed by atoms with Crippen LogP contribution in [-0.2, 0) is 27.1 Å². The van der Waals surface area contributed by atoms with Crippen molar-refractivity contribution in [2.24, 2.45) is 0 Å². The minimum absolute atomic E-state index is 0.00955. The quantitative estimate of drug-likeness (QED) is 0.306. The molecular weight excluding hydrogens is 537 g/mol. The van der Waals surface area contributed by atoms with Gasteiger partial charge in [-0.1, -0.05) is 56.3 Å². The van der Waals surface area contributed by atoms with Crippen molar-refractivity contribution in [2.45, 2.75) is 83.7 Å². The van der Waals surface area contributed by atoms with Gasteiger partial charge in [-0.3, -0.25) is 9.78 Å². The summed E-state index contributed by atoms with van der Waals surface area (Å²) in [4.78, 5) is 28.6. The number of carboxylic acid groups (broad SMARTS) is 2. The number of aliphatic carboxylic acids is 1. The fourth-order valence-corrected chi connectivity index (χ4v) is 6.12. The smallest absolute Gasteiger partial charge is 0.338 e. The Morgan fingerprint density at radius 1 is 1.12 bits per heavy atom. The van der Waals surface area contributed by atoms with Crippen LogP contribution in [0.4, 0.5) is 4.39 Å². The Morgan fingerprint density at radius 3 is 2.60 bits per heavy atom. The monoisotopic (exact) mass is 573 g/mol. The standard InChI is InChI=1S/C34H36FNO6/c1-19(2)31-26(14-13-22-17-23(18-29(37)38)42-34(3,4)41-22)30(21-12-15-28(35)27(16-21)33(39)40)25-11-7-9-20-8-5-6-10-24(20)32(25)36-31/h5-6,8,10,12-16,19,22-23H,7,9,11,17-18H2,1-4H3,(H,37,38)(H,39,40)/t22-,23-/m1/s1. The molecule has 1 aliphatic carbocycles. The van der Waals surface area contributed by atoms with Crippen LogP contribution in [0.3, 0.4) is 0 Å². The molecule has 2 aromatic carbocycles. The van der Waals surface area contributed by atoms with Crippen LogP contribution in [0.1, 0.15) is 85.6 Å². The predicted molar refractivity (Wildman–Crippen MR) is 158 cm³/mol. The lowest BCUT2D eigenvalue weighted by Gasteiger charge is -2.39. The molecule has 0 radical (unpaired) electrons. The topological polar surface area (TPSA) is 106 Å². The van der Waals surface area contributed by atoms with Gasteiger partial charge in [-0.2, -0.15) is 0 Å². The second-order valence-corrected chi connectivity index (χ2v) is 11.8. The Hall–Kier alpha value is -3.88. The largest absolute Gasteiger partial charge is 0.481 e. The van der Waals surface area contributed by atoms with E-state index in [9.17, 15) is 24.2 Å². The van der Waals surface area contributed by atoms with E-state index in [0.29, 0.717) is 18.4 Å². The number of aryl methyl sites for hydroxylation is 1. The van der Waals surface area contributed by atoms with Crippen LogP contribution in [0.15, 0.2) is 48.5 Å². The van der Waals surface area contributed by atoms with Gasteiger partial charge in [-0.15, -0.1) is 0 Å². The number of benzene rings is 2. The first-order valence-electron chi connectivity index (χ1n) is 14.4. The molecule has 0 bridgehead atoms. The molecule has 7 nitrogen and oxygen atoms in total. The molecule has 1 saturated heterocycles. The zero-order valence-corrected chi connectivity index (χ0v) is 24.3. The van der Waals surface area contributed by atoms with Gasteiger partial charge in [0, 0.05) is 17.5 Å². The highest BCUT2D eigenvalue weighted by atomic mass is 19.1. The summed E-state index contributed by atoms with van der Waals surface area (Å²) in [5.74, 6) is -4.02. The summed E-state index contributed by atoms with van der Waals surface area (Å²) in [6.45, 7) is 7.64. The summed E-state index contributed by atoms with van der Waals surface area (Å²) < 4.78 is 26.6. The average molecular weight is 574 g/mol. The lowest BCUT2D eigenvalue weighted by Crippen LogP contribution is -2.44. The third-order valence-electron chi connectivity index (χ3n) is 7.80. The number of aromatic nitrogens is 1. The van der Waals surface area contributed by atoms with Gasteiger partial charge >= 0.3 is 11.9 Å². The van der Waals surface area contributed by atoms with Gasteiger partial charge in [-0.25, -0.2) is 9.18 Å². The number of carboxylic acids is 2. The molecule has 220 valence electrons. The molecule has 0 unspecified atom stereocenters. The van der Waals surface area contributed by atoms with Gasteiger partial charge in [0.15, 0.2) is 5.79 Å². The molecule has 2 atom stereocenters. The van der Waals surface area contributed by atoms with E-state index in [0.717, 1.165) is 46.5 Å². The minimum atomic E-state index is -1.33. The summed E-state index contributed by atoms with van der Waals surface area (Å²) in [5.41, 5.74) is 6.79. The zero-order chi connectivity index (χ0) is 30.2. The number of carbonyl (C=O) groups is 2. The molecule has 2 aliphatic rings. The van der Waals surface area contributed by atoms with E-state index in [-0.39, 0.29) is 17.9 Å². The fraction of sp³-hybridized carbons (Fsp3) is 0.382. The highest BCUT2D eigenvalue weighted by molar-refractivity contribution is 5.92. The number of rotatable bonds is 7. The number of fused-ring (bicyclic) bond motifs is 3. The third kappa shape index (κ3) is 6.15. The molecule has 1 aromatic heterocycles. The Kier molecular flexibility index (Phi) is 8.30. The van der Waals surface area contributed by atoms with Crippen LogP contribution in [0.2, 0.25) is 0 Å². The second-order valence-electron chi connectivity index (χ2n) is 11.8. The van der Waals surface area contributed by atoms with E-state index in [2.05, 4.69) is 26.0 Å². The molecule has 2 heterocycles. The first kappa shape index (κ1) is 29.6. The van der Waals surface area contributed by atoms with Crippen molar-refractivity contribution < 1.29 is 33.7 Å². The van der Waals surface area contributed by atoms with Gasteiger partial charge in [0.05, 0.1) is 35.6 Å². The number of ether oxygens (including phenoxy) is 2. The van der Waals surface area contributed by atoms with Crippen molar-refractivity contribution >= 4 is 18.0 Å². The fourth-order valence-electron chi connectivity index (χ4n) is 6.12. The Bertz CT molecular complexity index is 1560. The maximum atomic E-state index is 14.6. The molecule has 5 rings (SSSR count). The van der Waals surface area contributed by atoms with Crippen LogP contribution in [0.25, 0.3) is 28.5 Å². The average Bonchev–Trinajstić information content (AvgIpc) is 3.09. The Morgan fingerprint density at radius 2 is 1.88 bits per heavy atom. The number of pyridine rings is 1. The van der Waals surface area contributed by atoms with Crippen LogP contribution < -0.4 is 0 Å². The van der Waals surface area contributed by atoms with Crippen molar-refractivity contribution in [2.75, 3.05) is 0 Å². The van der Waals surface area contributed by atoms with Crippen molar-refractivity contribution in [1.29, 1.82) is 0 Å². The number of halogens is 1. The Labute approximate surface area is 245 Å². The summed E-state index contributed by atoms with van der Waals surface area (Å²) in [6, 6.07) is 12.5. The molecule has 0 spiro atoms. The lowest BCUT2D eigenvalue weighted by atomic mass is 9.86.